The van der Waals surface area contributed by atoms with Gasteiger partial charge in [-0.3, -0.25) is 4.90 Å². The van der Waals surface area contributed by atoms with Gasteiger partial charge in [-0.25, -0.2) is 9.37 Å². The molecule has 0 spiro atoms. The Bertz CT molecular complexity index is 653. The number of hydrogen-bond donors (Lipinski definition) is 2. The van der Waals surface area contributed by atoms with Gasteiger partial charge in [0, 0.05) is 19.1 Å². The van der Waals surface area contributed by atoms with E-state index in [9.17, 15) is 4.39 Å². The molecule has 1 aromatic heterocycles. The molecule has 0 saturated carbocycles. The highest BCUT2D eigenvalue weighted by molar-refractivity contribution is 5.76. The van der Waals surface area contributed by atoms with Gasteiger partial charge in [-0.15, -0.1) is 0 Å². The molecule has 3 rings (SSSR count). The summed E-state index contributed by atoms with van der Waals surface area (Å²) in [5.41, 5.74) is 7.68. The van der Waals surface area contributed by atoms with Crippen molar-refractivity contribution in [2.24, 2.45) is 5.73 Å². The van der Waals surface area contributed by atoms with E-state index in [1.165, 1.54) is 6.07 Å². The molecule has 1 aromatic carbocycles. The minimum absolute atomic E-state index is 0.159. The number of aromatic nitrogens is 2. The maximum absolute atomic E-state index is 13.7. The van der Waals surface area contributed by atoms with Crippen molar-refractivity contribution in [2.75, 3.05) is 26.2 Å². The molecule has 1 fully saturated rings. The lowest BCUT2D eigenvalue weighted by Gasteiger charge is -2.34. The van der Waals surface area contributed by atoms with E-state index in [0.29, 0.717) is 6.54 Å². The molecule has 0 bridgehead atoms. The monoisotopic (exact) mass is 306 g/mol. The molecule has 0 radical (unpaired) electrons. The summed E-state index contributed by atoms with van der Waals surface area (Å²) in [5, 5.41) is 9.16. The lowest BCUT2D eigenvalue weighted by atomic mass is 10.0. The fourth-order valence-electron chi connectivity index (χ4n) is 3.38. The molecule has 2 heterocycles. The predicted octanol–water partition coefficient (Wildman–Crippen LogP) is 1.82. The summed E-state index contributed by atoms with van der Waals surface area (Å²) in [6.45, 7) is 4.56. The Hall–Kier alpha value is -1.50. The van der Waals surface area contributed by atoms with Gasteiger partial charge < -0.3 is 15.4 Å². The van der Waals surface area contributed by atoms with Crippen molar-refractivity contribution in [3.63, 3.8) is 0 Å². The van der Waals surface area contributed by atoms with Crippen molar-refractivity contribution >= 4 is 11.0 Å². The van der Waals surface area contributed by atoms with E-state index in [-0.39, 0.29) is 24.5 Å². The SMILES string of the molecule is C[C@H](N)c1nc2ccc(F)cc2n1C1CCCN(CCO)C1. The van der Waals surface area contributed by atoms with Gasteiger partial charge in [-0.1, -0.05) is 0 Å². The van der Waals surface area contributed by atoms with Gasteiger partial charge in [0.05, 0.1) is 23.7 Å². The largest absolute Gasteiger partial charge is 0.395 e. The second-order valence-corrected chi connectivity index (χ2v) is 6.08. The summed E-state index contributed by atoms with van der Waals surface area (Å²) < 4.78 is 15.8. The van der Waals surface area contributed by atoms with Crippen LogP contribution in [0.3, 0.4) is 0 Å². The number of likely N-dealkylation sites (tertiary alicyclic amines) is 1. The number of aliphatic hydroxyl groups excluding tert-OH is 1. The number of halogens is 1. The third kappa shape index (κ3) is 2.86. The van der Waals surface area contributed by atoms with Crippen molar-refractivity contribution < 1.29 is 9.50 Å². The minimum Gasteiger partial charge on any atom is -0.395 e. The summed E-state index contributed by atoms with van der Waals surface area (Å²) >= 11 is 0. The molecule has 1 aliphatic rings. The Balaban J connectivity index is 2.03. The highest BCUT2D eigenvalue weighted by atomic mass is 19.1. The van der Waals surface area contributed by atoms with Gasteiger partial charge in [0.2, 0.25) is 0 Å². The first-order valence-electron chi connectivity index (χ1n) is 7.86. The van der Waals surface area contributed by atoms with Crippen LogP contribution < -0.4 is 5.73 Å². The topological polar surface area (TPSA) is 67.3 Å². The number of benzene rings is 1. The smallest absolute Gasteiger partial charge is 0.126 e. The van der Waals surface area contributed by atoms with Crippen molar-refractivity contribution in [2.45, 2.75) is 31.8 Å². The van der Waals surface area contributed by atoms with Crippen LogP contribution in [0.4, 0.5) is 4.39 Å². The first-order chi connectivity index (χ1) is 10.6. The summed E-state index contributed by atoms with van der Waals surface area (Å²) in [6.07, 6.45) is 2.07. The zero-order valence-electron chi connectivity index (χ0n) is 12.9. The van der Waals surface area contributed by atoms with Gasteiger partial charge in [-0.05, 0) is 44.5 Å². The lowest BCUT2D eigenvalue weighted by molar-refractivity contribution is 0.142. The maximum atomic E-state index is 13.7. The van der Waals surface area contributed by atoms with Crippen molar-refractivity contribution in [3.05, 3.63) is 29.8 Å². The number of aliphatic hydroxyl groups is 1. The van der Waals surface area contributed by atoms with Crippen LogP contribution in [0.25, 0.3) is 11.0 Å². The average molecular weight is 306 g/mol. The number of piperidine rings is 1. The van der Waals surface area contributed by atoms with Crippen LogP contribution >= 0.6 is 0 Å². The zero-order valence-corrected chi connectivity index (χ0v) is 12.9. The average Bonchev–Trinajstić information content (AvgIpc) is 2.86. The Labute approximate surface area is 129 Å². The molecule has 1 saturated heterocycles. The Morgan fingerprint density at radius 2 is 2.32 bits per heavy atom. The molecule has 2 aromatic rings. The number of imidazole rings is 1. The van der Waals surface area contributed by atoms with Crippen LogP contribution in [0.5, 0.6) is 0 Å². The molecule has 1 unspecified atom stereocenters. The third-order valence-corrected chi connectivity index (χ3v) is 4.35. The Morgan fingerprint density at radius 1 is 1.50 bits per heavy atom. The number of nitrogens with zero attached hydrogens (tertiary/aromatic N) is 3. The number of nitrogens with two attached hydrogens (primary N) is 1. The molecular formula is C16H23FN4O. The van der Waals surface area contributed by atoms with Crippen molar-refractivity contribution in [1.29, 1.82) is 0 Å². The summed E-state index contributed by atoms with van der Waals surface area (Å²) in [6, 6.07) is 4.70. The van der Waals surface area contributed by atoms with Gasteiger partial charge >= 0.3 is 0 Å². The fraction of sp³-hybridized carbons (Fsp3) is 0.562. The fourth-order valence-corrected chi connectivity index (χ4v) is 3.38. The van der Waals surface area contributed by atoms with Gasteiger partial charge in [0.1, 0.15) is 11.6 Å². The number of hydrogen-bond acceptors (Lipinski definition) is 4. The first kappa shape index (κ1) is 15.4. The van der Waals surface area contributed by atoms with Crippen LogP contribution in [0, 0.1) is 5.82 Å². The molecule has 3 N–H and O–H groups in total. The van der Waals surface area contributed by atoms with Crippen LogP contribution in [0.1, 0.15) is 37.7 Å². The third-order valence-electron chi connectivity index (χ3n) is 4.35. The minimum atomic E-state index is -0.257. The predicted molar refractivity (Wildman–Crippen MR) is 84.1 cm³/mol. The number of β-amino-alcohol motifs (C(OH)–C–C–N with tert-alkyl or cyclic N) is 1. The highest BCUT2D eigenvalue weighted by Gasteiger charge is 2.26. The van der Waals surface area contributed by atoms with E-state index < -0.39 is 0 Å². The molecule has 6 heteroatoms. The van der Waals surface area contributed by atoms with E-state index >= 15 is 0 Å². The normalized spacial score (nSPS) is 21.4. The number of rotatable bonds is 4. The van der Waals surface area contributed by atoms with E-state index in [1.54, 1.807) is 12.1 Å². The molecule has 2 atom stereocenters. The summed E-state index contributed by atoms with van der Waals surface area (Å²) in [7, 11) is 0. The van der Waals surface area contributed by atoms with Crippen LogP contribution in [-0.4, -0.2) is 45.8 Å². The molecule has 0 aliphatic carbocycles. The van der Waals surface area contributed by atoms with E-state index in [4.69, 9.17) is 10.8 Å². The van der Waals surface area contributed by atoms with E-state index in [2.05, 4.69) is 14.5 Å². The lowest BCUT2D eigenvalue weighted by Crippen LogP contribution is -2.38. The highest BCUT2D eigenvalue weighted by Crippen LogP contribution is 2.30. The molecule has 1 aliphatic heterocycles. The van der Waals surface area contributed by atoms with Gasteiger partial charge in [0.25, 0.3) is 0 Å². The summed E-state index contributed by atoms with van der Waals surface area (Å²) in [4.78, 5) is 6.84. The van der Waals surface area contributed by atoms with Gasteiger partial charge in [0.15, 0.2) is 0 Å². The standard InChI is InChI=1S/C16H23FN4O/c1-11(18)16-19-14-5-4-12(17)9-15(14)21(16)13-3-2-6-20(10-13)7-8-22/h4-5,9,11,13,22H,2-3,6-8,10,18H2,1H3/t11-,13?/m0/s1. The van der Waals surface area contributed by atoms with Crippen LogP contribution in [0.15, 0.2) is 18.2 Å². The molecule has 22 heavy (non-hydrogen) atoms. The van der Waals surface area contributed by atoms with Gasteiger partial charge in [-0.2, -0.15) is 0 Å². The Kier molecular flexibility index (Phi) is 4.42. The quantitative estimate of drug-likeness (QED) is 0.904. The second-order valence-electron chi connectivity index (χ2n) is 6.08. The maximum Gasteiger partial charge on any atom is 0.126 e. The summed E-state index contributed by atoms with van der Waals surface area (Å²) in [5.74, 6) is 0.546. The molecule has 5 nitrogen and oxygen atoms in total. The molecule has 0 amide bonds. The van der Waals surface area contributed by atoms with Crippen LogP contribution in [0.2, 0.25) is 0 Å². The first-order valence-corrected chi connectivity index (χ1v) is 7.86. The second kappa shape index (κ2) is 6.32. The van der Waals surface area contributed by atoms with Crippen molar-refractivity contribution in [3.8, 4) is 0 Å². The van der Waals surface area contributed by atoms with E-state index in [1.807, 2.05) is 6.92 Å². The van der Waals surface area contributed by atoms with Crippen LogP contribution in [-0.2, 0) is 0 Å². The Morgan fingerprint density at radius 3 is 3.05 bits per heavy atom. The van der Waals surface area contributed by atoms with Crippen molar-refractivity contribution in [1.82, 2.24) is 14.5 Å². The number of fused-ring (bicyclic) bond motifs is 1. The van der Waals surface area contributed by atoms with E-state index in [0.717, 1.165) is 42.8 Å². The molecular weight excluding hydrogens is 283 g/mol. The zero-order chi connectivity index (χ0) is 15.7. The molecule has 120 valence electrons.